The van der Waals surface area contributed by atoms with Crippen LogP contribution in [0.1, 0.15) is 114 Å². The lowest BCUT2D eigenvalue weighted by Crippen LogP contribution is -2.54. The van der Waals surface area contributed by atoms with E-state index in [2.05, 4.69) is 40.9 Å². The number of unbranched alkanes of at least 4 members (excludes halogenated alkanes) is 2. The van der Waals surface area contributed by atoms with Crippen molar-refractivity contribution in [3.8, 4) is 0 Å². The molecule has 0 saturated carbocycles. The van der Waals surface area contributed by atoms with Gasteiger partial charge in [-0.25, -0.2) is 0 Å². The fraction of sp³-hybridized carbons (Fsp3) is 0.510. The van der Waals surface area contributed by atoms with Crippen molar-refractivity contribution in [2.24, 2.45) is 5.92 Å². The molecular formula is C49H61N11O7. The van der Waals surface area contributed by atoms with Crippen LogP contribution in [-0.2, 0) is 19.2 Å². The van der Waals surface area contributed by atoms with Crippen molar-refractivity contribution in [1.29, 1.82) is 0 Å². The fourth-order valence-electron chi connectivity index (χ4n) is 9.91. The van der Waals surface area contributed by atoms with Gasteiger partial charge < -0.3 is 25.3 Å². The smallest absolute Gasteiger partial charge is 0.274 e. The van der Waals surface area contributed by atoms with E-state index < -0.39 is 29.7 Å². The zero-order valence-electron chi connectivity index (χ0n) is 38.1. The van der Waals surface area contributed by atoms with Crippen molar-refractivity contribution in [1.82, 2.24) is 45.4 Å². The van der Waals surface area contributed by atoms with Crippen molar-refractivity contribution < 1.29 is 33.6 Å². The Hall–Kier alpha value is -6.56. The quantitative estimate of drug-likeness (QED) is 0.101. The molecule has 0 radical (unpaired) electrons. The zero-order chi connectivity index (χ0) is 46.7. The van der Waals surface area contributed by atoms with E-state index in [-0.39, 0.29) is 41.7 Å². The number of rotatable bonds is 17. The van der Waals surface area contributed by atoms with E-state index in [9.17, 15) is 33.6 Å². The van der Waals surface area contributed by atoms with Crippen molar-refractivity contribution in [2.45, 2.75) is 89.1 Å². The second-order valence-corrected chi connectivity index (χ2v) is 18.1. The number of fused-ring (bicyclic) bond motifs is 1. The van der Waals surface area contributed by atoms with Gasteiger partial charge in [-0.2, -0.15) is 0 Å². The standard InChI is InChI=1S/C49H61N11O7/c61-42(16-12-35-8-6-22-50-33-35)52-24-3-1-7-34-18-25-59(26-19-34)48(66)39-13-15-41(55-54-39)57-27-20-36(21-28-57)56-29-31-58(32-30-56)44(63)11-2-4-23-51-38-10-5-9-37-45(38)49(67)60(47(37)65)40-14-17-43(62)53-46(40)64/h5-6,8-10,12-13,15-16,22,33-34,36,40,51H,1-4,7,11,14,17-21,23-32H2,(H,52,61)(H,53,62,64)/b16-12+. The summed E-state index contributed by atoms with van der Waals surface area (Å²) in [6, 6.07) is 11.9. The highest BCUT2D eigenvalue weighted by Gasteiger charge is 2.45. The van der Waals surface area contributed by atoms with Gasteiger partial charge in [0.1, 0.15) is 6.04 Å². The van der Waals surface area contributed by atoms with Gasteiger partial charge in [0.25, 0.3) is 17.7 Å². The normalized spacial score (nSPS) is 19.8. The van der Waals surface area contributed by atoms with Crippen LogP contribution in [0.25, 0.3) is 6.08 Å². The summed E-state index contributed by atoms with van der Waals surface area (Å²) >= 11 is 0. The molecule has 2 aromatic heterocycles. The van der Waals surface area contributed by atoms with Crippen LogP contribution in [-0.4, -0.2) is 154 Å². The molecule has 3 N–H and O–H groups in total. The number of carbonyl (C=O) groups excluding carboxylic acids is 7. The number of anilines is 2. The first-order valence-corrected chi connectivity index (χ1v) is 24.0. The summed E-state index contributed by atoms with van der Waals surface area (Å²) in [6.45, 7) is 7.31. The maximum Gasteiger partial charge on any atom is 0.274 e. The van der Waals surface area contributed by atoms with Crippen molar-refractivity contribution in [2.75, 3.05) is 75.7 Å². The Kier molecular flexibility index (Phi) is 15.6. The number of hydrogen-bond acceptors (Lipinski definition) is 13. The summed E-state index contributed by atoms with van der Waals surface area (Å²) in [5, 5.41) is 17.3. The number of piperazine rings is 1. The van der Waals surface area contributed by atoms with Crippen LogP contribution >= 0.6 is 0 Å². The Labute approximate surface area is 390 Å². The third kappa shape index (κ3) is 11.7. The number of imide groups is 2. The average molecular weight is 916 g/mol. The summed E-state index contributed by atoms with van der Waals surface area (Å²) in [5.41, 5.74) is 2.23. The molecule has 1 aromatic carbocycles. The SMILES string of the molecule is O=C(/C=C/c1cccnc1)NCCCCC1CCN(C(=O)c2ccc(N3CCC(N4CCN(C(=O)CCCCNc5cccc6c5C(=O)N(C5CCC(=O)NC5=O)C6=O)CC4)CC3)nn2)CC1. The molecule has 0 aliphatic carbocycles. The Bertz CT molecular complexity index is 2300. The minimum atomic E-state index is -1.02. The molecule has 0 spiro atoms. The number of benzene rings is 1. The number of nitrogens with zero attached hydrogens (tertiary/aromatic N) is 8. The van der Waals surface area contributed by atoms with Gasteiger partial charge in [-0.05, 0) is 99.3 Å². The lowest BCUT2D eigenvalue weighted by atomic mass is 9.91. The molecule has 18 heteroatoms. The largest absolute Gasteiger partial charge is 0.384 e. The molecule has 7 amide bonds. The number of carbonyl (C=O) groups is 7. The molecule has 1 atom stereocenters. The third-order valence-electron chi connectivity index (χ3n) is 13.8. The summed E-state index contributed by atoms with van der Waals surface area (Å²) < 4.78 is 0. The maximum absolute atomic E-state index is 13.4. The van der Waals surface area contributed by atoms with Gasteiger partial charge in [0.15, 0.2) is 11.5 Å². The molecule has 8 rings (SSSR count). The molecule has 354 valence electrons. The molecule has 67 heavy (non-hydrogen) atoms. The highest BCUT2D eigenvalue weighted by molar-refractivity contribution is 6.25. The third-order valence-corrected chi connectivity index (χ3v) is 13.8. The summed E-state index contributed by atoms with van der Waals surface area (Å²) in [4.78, 5) is 103. The second kappa shape index (κ2) is 22.3. The number of pyridine rings is 1. The molecule has 4 saturated heterocycles. The summed E-state index contributed by atoms with van der Waals surface area (Å²) in [6.07, 6.45) is 15.6. The number of likely N-dealkylation sites (tertiary alicyclic amines) is 1. The van der Waals surface area contributed by atoms with E-state index in [1.165, 1.54) is 6.08 Å². The maximum atomic E-state index is 13.4. The molecule has 5 aliphatic rings. The van der Waals surface area contributed by atoms with Crippen LogP contribution < -0.4 is 20.9 Å². The first-order chi connectivity index (χ1) is 32.6. The minimum absolute atomic E-state index is 0.0620. The van der Waals surface area contributed by atoms with Gasteiger partial charge in [0.2, 0.25) is 23.6 Å². The van der Waals surface area contributed by atoms with Crippen molar-refractivity contribution in [3.63, 3.8) is 0 Å². The van der Waals surface area contributed by atoms with E-state index >= 15 is 0 Å². The van der Waals surface area contributed by atoms with Crippen molar-refractivity contribution in [3.05, 3.63) is 83.3 Å². The molecule has 18 nitrogen and oxygen atoms in total. The second-order valence-electron chi connectivity index (χ2n) is 18.1. The van der Waals surface area contributed by atoms with Gasteiger partial charge in [-0.1, -0.05) is 25.0 Å². The fourth-order valence-corrected chi connectivity index (χ4v) is 9.91. The van der Waals surface area contributed by atoms with Crippen LogP contribution in [0.5, 0.6) is 0 Å². The number of amides is 7. The van der Waals surface area contributed by atoms with E-state index in [4.69, 9.17) is 0 Å². The highest BCUT2D eigenvalue weighted by atomic mass is 16.2. The van der Waals surface area contributed by atoms with Crippen LogP contribution in [0, 0.1) is 5.92 Å². The average Bonchev–Trinajstić information content (AvgIpc) is 3.62. The van der Waals surface area contributed by atoms with Gasteiger partial charge in [0.05, 0.1) is 11.1 Å². The number of hydrogen-bond donors (Lipinski definition) is 3. The molecule has 0 bridgehead atoms. The first-order valence-electron chi connectivity index (χ1n) is 24.0. The van der Waals surface area contributed by atoms with Crippen LogP contribution in [0.15, 0.2) is 60.9 Å². The van der Waals surface area contributed by atoms with E-state index in [0.717, 1.165) is 87.4 Å². The van der Waals surface area contributed by atoms with Crippen LogP contribution in [0.2, 0.25) is 0 Å². The number of nitrogens with one attached hydrogen (secondary N) is 3. The van der Waals surface area contributed by atoms with Crippen LogP contribution in [0.3, 0.4) is 0 Å². The Balaban J connectivity index is 0.678. The molecule has 5 aliphatic heterocycles. The zero-order valence-corrected chi connectivity index (χ0v) is 38.1. The molecule has 7 heterocycles. The Morgan fingerprint density at radius 1 is 0.761 bits per heavy atom. The van der Waals surface area contributed by atoms with E-state index in [1.54, 1.807) is 42.7 Å². The van der Waals surface area contributed by atoms with Gasteiger partial charge in [-0.15, -0.1) is 10.2 Å². The van der Waals surface area contributed by atoms with Gasteiger partial charge >= 0.3 is 0 Å². The lowest BCUT2D eigenvalue weighted by molar-refractivity contribution is -0.136. The van der Waals surface area contributed by atoms with Crippen LogP contribution in [0.4, 0.5) is 11.5 Å². The van der Waals surface area contributed by atoms with Crippen molar-refractivity contribution >= 4 is 58.9 Å². The van der Waals surface area contributed by atoms with Gasteiger partial charge in [0, 0.05) is 108 Å². The monoisotopic (exact) mass is 915 g/mol. The predicted octanol–water partition coefficient (Wildman–Crippen LogP) is 3.52. The first kappa shape index (κ1) is 47.0. The highest BCUT2D eigenvalue weighted by Crippen LogP contribution is 2.33. The topological polar surface area (TPSA) is 210 Å². The summed E-state index contributed by atoms with van der Waals surface area (Å²) in [7, 11) is 0. The van der Waals surface area contributed by atoms with E-state index in [0.29, 0.717) is 81.9 Å². The Morgan fingerprint density at radius 2 is 1.55 bits per heavy atom. The van der Waals surface area contributed by atoms with E-state index in [1.807, 2.05) is 28.0 Å². The Morgan fingerprint density at radius 3 is 2.28 bits per heavy atom. The molecular weight excluding hydrogens is 855 g/mol. The number of aromatic nitrogens is 3. The molecule has 1 unspecified atom stereocenters. The lowest BCUT2D eigenvalue weighted by Gasteiger charge is -2.43. The predicted molar refractivity (Wildman–Crippen MR) is 250 cm³/mol. The van der Waals surface area contributed by atoms with Gasteiger partial charge in [-0.3, -0.25) is 53.7 Å². The molecule has 4 fully saturated rings. The number of piperidine rings is 3. The molecule has 3 aromatic rings. The summed E-state index contributed by atoms with van der Waals surface area (Å²) in [5.74, 6) is -0.831. The minimum Gasteiger partial charge on any atom is -0.384 e.